The predicted octanol–water partition coefficient (Wildman–Crippen LogP) is -0.662. The summed E-state index contributed by atoms with van der Waals surface area (Å²) in [4.78, 5) is 19.9. The molecule has 1 amide bonds. The number of carbonyl (C=O) groups excluding carboxylic acids is 1. The molecule has 4 atom stereocenters. The number of hydrazone groups is 1. The van der Waals surface area contributed by atoms with Crippen LogP contribution in [0.25, 0.3) is 11.0 Å². The number of hydrogen-bond acceptors (Lipinski definition) is 9. The second-order valence-electron chi connectivity index (χ2n) is 6.41. The lowest BCUT2D eigenvalue weighted by Crippen LogP contribution is -2.46. The lowest BCUT2D eigenvalue weighted by atomic mass is 9.96. The molecular formula is C16H22N6O5. The van der Waals surface area contributed by atoms with Crippen LogP contribution >= 0.6 is 0 Å². The number of aliphatic hydroxyl groups excluding tert-OH is 2. The first-order chi connectivity index (χ1) is 12.9. The molecule has 0 spiro atoms. The van der Waals surface area contributed by atoms with Gasteiger partial charge in [-0.3, -0.25) is 4.79 Å². The van der Waals surface area contributed by atoms with E-state index in [0.29, 0.717) is 16.6 Å². The average molecular weight is 378 g/mol. The van der Waals surface area contributed by atoms with Crippen molar-refractivity contribution in [1.82, 2.24) is 14.5 Å². The second kappa shape index (κ2) is 7.19. The minimum absolute atomic E-state index is 0.289. The Bertz CT molecular complexity index is 884. The highest BCUT2D eigenvalue weighted by Gasteiger charge is 2.54. The van der Waals surface area contributed by atoms with Gasteiger partial charge in [-0.2, -0.15) is 5.10 Å². The van der Waals surface area contributed by atoms with Crippen LogP contribution in [0.1, 0.15) is 25.6 Å². The van der Waals surface area contributed by atoms with Crippen molar-refractivity contribution < 1.29 is 24.5 Å². The number of hydrogen-bond donors (Lipinski definition) is 4. The highest BCUT2D eigenvalue weighted by atomic mass is 16.6. The zero-order valence-corrected chi connectivity index (χ0v) is 15.2. The van der Waals surface area contributed by atoms with Gasteiger partial charge in [0.15, 0.2) is 6.23 Å². The number of aliphatic hydroxyl groups is 2. The molecule has 5 N–H and O–H groups in total. The Hall–Kier alpha value is -2.60. The van der Waals surface area contributed by atoms with Crippen LogP contribution in [0.15, 0.2) is 17.6 Å². The van der Waals surface area contributed by atoms with E-state index in [9.17, 15) is 15.0 Å². The van der Waals surface area contributed by atoms with Crippen LogP contribution in [0.3, 0.4) is 0 Å². The van der Waals surface area contributed by atoms with Gasteiger partial charge in [0.2, 0.25) is 5.91 Å². The Morgan fingerprint density at radius 1 is 1.59 bits per heavy atom. The van der Waals surface area contributed by atoms with Crippen molar-refractivity contribution in [1.29, 1.82) is 0 Å². The molecule has 1 aliphatic heterocycles. The maximum atomic E-state index is 11.5. The van der Waals surface area contributed by atoms with Crippen molar-refractivity contribution in [2.45, 2.75) is 37.9 Å². The number of fused-ring (bicyclic) bond motifs is 1. The Kier molecular flexibility index (Phi) is 5.11. The van der Waals surface area contributed by atoms with Gasteiger partial charge in [-0.25, -0.2) is 9.97 Å². The third-order valence-electron chi connectivity index (χ3n) is 4.75. The van der Waals surface area contributed by atoms with E-state index in [1.54, 1.807) is 17.7 Å². The molecule has 11 nitrogen and oxygen atoms in total. The summed E-state index contributed by atoms with van der Waals surface area (Å²) in [6.45, 7) is 2.67. The Morgan fingerprint density at radius 3 is 2.93 bits per heavy atom. The summed E-state index contributed by atoms with van der Waals surface area (Å²) in [5.74, 6) is 5.30. The number of nitrogens with two attached hydrogens (primary N) is 1. The largest absolute Gasteiger partial charge is 0.394 e. The Balaban J connectivity index is 2.22. The molecule has 0 saturated carbocycles. The first kappa shape index (κ1) is 19.2. The van der Waals surface area contributed by atoms with Crippen molar-refractivity contribution in [2.24, 2.45) is 10.9 Å². The third kappa shape index (κ3) is 3.04. The van der Waals surface area contributed by atoms with Gasteiger partial charge in [-0.15, -0.1) is 0 Å². The predicted molar refractivity (Wildman–Crippen MR) is 96.0 cm³/mol. The molecule has 1 fully saturated rings. The van der Waals surface area contributed by atoms with Gasteiger partial charge < -0.3 is 35.4 Å². The molecule has 11 heteroatoms. The van der Waals surface area contributed by atoms with E-state index in [-0.39, 0.29) is 18.3 Å². The van der Waals surface area contributed by atoms with E-state index in [1.807, 2.05) is 0 Å². The number of amides is 1. The minimum atomic E-state index is -1.16. The SMILES string of the molecule is COC1(C)C(O)C(CO)O[C@H]1n1cc(/C=N/N)c2c(NC(C)=O)ncnc21. The molecule has 2 aromatic rings. The van der Waals surface area contributed by atoms with E-state index >= 15 is 0 Å². The fourth-order valence-electron chi connectivity index (χ4n) is 3.33. The molecule has 146 valence electrons. The summed E-state index contributed by atoms with van der Waals surface area (Å²) in [7, 11) is 1.45. The standard InChI is InChI=1S/C16H22N6O5/c1-8(24)21-13-11-9(4-20-17)5-22(14(11)19-7-18-13)15-16(2,26-3)12(25)10(6-23)27-15/h4-5,7,10,12,15,23,25H,6,17H2,1-3H3,(H,18,19,21,24)/b20-4+/t10?,12?,15-,16?/m1/s1. The van der Waals surface area contributed by atoms with E-state index < -0.39 is 24.0 Å². The molecule has 1 saturated heterocycles. The summed E-state index contributed by atoms with van der Waals surface area (Å²) < 4.78 is 13.0. The van der Waals surface area contributed by atoms with Crippen LogP contribution in [0.4, 0.5) is 5.82 Å². The monoisotopic (exact) mass is 378 g/mol. The van der Waals surface area contributed by atoms with Gasteiger partial charge in [0.05, 0.1) is 18.2 Å². The maximum absolute atomic E-state index is 11.5. The topological polar surface area (TPSA) is 157 Å². The second-order valence-corrected chi connectivity index (χ2v) is 6.41. The lowest BCUT2D eigenvalue weighted by molar-refractivity contribution is -0.118. The zero-order chi connectivity index (χ0) is 19.8. The average Bonchev–Trinajstić information content (AvgIpc) is 3.12. The van der Waals surface area contributed by atoms with Crippen LogP contribution in [0, 0.1) is 0 Å². The van der Waals surface area contributed by atoms with E-state index in [0.717, 1.165) is 0 Å². The number of ether oxygens (including phenoxy) is 2. The summed E-state index contributed by atoms with van der Waals surface area (Å²) >= 11 is 0. The van der Waals surface area contributed by atoms with Crippen molar-refractivity contribution >= 4 is 29.0 Å². The third-order valence-corrected chi connectivity index (χ3v) is 4.75. The van der Waals surface area contributed by atoms with Crippen LogP contribution in [-0.4, -0.2) is 68.4 Å². The first-order valence-corrected chi connectivity index (χ1v) is 8.23. The molecule has 0 aromatic carbocycles. The number of nitrogens with one attached hydrogen (secondary N) is 1. The molecule has 3 heterocycles. The highest BCUT2D eigenvalue weighted by Crippen LogP contribution is 2.42. The van der Waals surface area contributed by atoms with Crippen LogP contribution in [-0.2, 0) is 14.3 Å². The molecule has 0 aliphatic carbocycles. The fourth-order valence-corrected chi connectivity index (χ4v) is 3.33. The van der Waals surface area contributed by atoms with Crippen molar-refractivity contribution in [3.05, 3.63) is 18.1 Å². The van der Waals surface area contributed by atoms with Gasteiger partial charge >= 0.3 is 0 Å². The Morgan fingerprint density at radius 2 is 2.33 bits per heavy atom. The number of methoxy groups -OCH3 is 1. The number of aromatic nitrogens is 3. The van der Waals surface area contributed by atoms with E-state index in [1.165, 1.54) is 26.6 Å². The zero-order valence-electron chi connectivity index (χ0n) is 15.2. The van der Waals surface area contributed by atoms with Gasteiger partial charge in [-0.05, 0) is 6.92 Å². The molecular weight excluding hydrogens is 356 g/mol. The molecule has 3 unspecified atom stereocenters. The summed E-state index contributed by atoms with van der Waals surface area (Å²) in [6, 6.07) is 0. The molecule has 0 radical (unpaired) electrons. The molecule has 0 bridgehead atoms. The van der Waals surface area contributed by atoms with Gasteiger partial charge in [-0.1, -0.05) is 0 Å². The lowest BCUT2D eigenvalue weighted by Gasteiger charge is -2.31. The molecule has 1 aliphatic rings. The molecule has 3 rings (SSSR count). The molecule has 27 heavy (non-hydrogen) atoms. The first-order valence-electron chi connectivity index (χ1n) is 8.23. The van der Waals surface area contributed by atoms with Crippen molar-refractivity contribution in [3.63, 3.8) is 0 Å². The summed E-state index contributed by atoms with van der Waals surface area (Å²) in [6.07, 6.45) is 1.64. The van der Waals surface area contributed by atoms with Crippen LogP contribution in [0.5, 0.6) is 0 Å². The summed E-state index contributed by atoms with van der Waals surface area (Å²) in [5, 5.41) is 26.8. The normalized spacial score (nSPS) is 28.3. The Labute approximate surface area is 154 Å². The quantitative estimate of drug-likeness (QED) is 0.303. The highest BCUT2D eigenvalue weighted by molar-refractivity contribution is 6.06. The van der Waals surface area contributed by atoms with Gasteiger partial charge in [0, 0.05) is 25.8 Å². The van der Waals surface area contributed by atoms with Crippen molar-refractivity contribution in [2.75, 3.05) is 19.0 Å². The smallest absolute Gasteiger partial charge is 0.222 e. The van der Waals surface area contributed by atoms with Crippen LogP contribution < -0.4 is 11.2 Å². The number of rotatable bonds is 5. The summed E-state index contributed by atoms with van der Waals surface area (Å²) in [5.41, 5.74) is -0.196. The fraction of sp³-hybridized carbons (Fsp3) is 0.500. The van der Waals surface area contributed by atoms with E-state index in [4.69, 9.17) is 15.3 Å². The van der Waals surface area contributed by atoms with E-state index in [2.05, 4.69) is 20.4 Å². The number of carbonyl (C=O) groups is 1. The van der Waals surface area contributed by atoms with Gasteiger partial charge in [0.1, 0.15) is 35.6 Å². The van der Waals surface area contributed by atoms with Crippen molar-refractivity contribution in [3.8, 4) is 0 Å². The minimum Gasteiger partial charge on any atom is -0.394 e. The molecule has 2 aromatic heterocycles. The maximum Gasteiger partial charge on any atom is 0.222 e. The number of nitrogens with zero attached hydrogens (tertiary/aromatic N) is 4. The van der Waals surface area contributed by atoms with Gasteiger partial charge in [0.25, 0.3) is 0 Å². The number of anilines is 1. The van der Waals surface area contributed by atoms with Crippen LogP contribution in [0.2, 0.25) is 0 Å².